The van der Waals surface area contributed by atoms with E-state index in [1.807, 2.05) is 0 Å². The molecule has 0 unspecified atom stereocenters. The minimum Gasteiger partial charge on any atom is -0.389 e. The lowest BCUT2D eigenvalue weighted by molar-refractivity contribution is -0.118. The Morgan fingerprint density at radius 3 is 2.18 bits per heavy atom. The molecule has 0 saturated heterocycles. The van der Waals surface area contributed by atoms with Gasteiger partial charge in [0.15, 0.2) is 0 Å². The van der Waals surface area contributed by atoms with Crippen LogP contribution in [0.15, 0.2) is 0 Å². The topological polar surface area (TPSA) is 37.3 Å². The highest BCUT2D eigenvalue weighted by atomic mass is 31.2. The van der Waals surface area contributed by atoms with Gasteiger partial charge in [0.25, 0.3) is 0 Å². The summed E-state index contributed by atoms with van der Waals surface area (Å²) in [6.07, 6.45) is 0.699. The molecular weight excluding hydrogens is 159 g/mol. The van der Waals surface area contributed by atoms with Gasteiger partial charge >= 0.3 is 0 Å². The Bertz CT molecular complexity index is 138. The number of carbonyl (C=O) groups is 1. The zero-order valence-corrected chi connectivity index (χ0v) is 8.69. The lowest BCUT2D eigenvalue weighted by atomic mass is 10.2. The van der Waals surface area contributed by atoms with Crippen LogP contribution < -0.4 is 0 Å². The summed E-state index contributed by atoms with van der Waals surface area (Å²) in [7, 11) is -0.930. The quantitative estimate of drug-likeness (QED) is 0.656. The van der Waals surface area contributed by atoms with E-state index in [-0.39, 0.29) is 5.78 Å². The summed E-state index contributed by atoms with van der Waals surface area (Å²) in [6, 6.07) is 0. The summed E-state index contributed by atoms with van der Waals surface area (Å²) in [5.74, 6) is 0.0750. The summed E-state index contributed by atoms with van der Waals surface area (Å²) in [4.78, 5) is 10.6. The number of hydrogen-bond acceptors (Lipinski definition) is 2. The molecule has 0 spiro atoms. The summed E-state index contributed by atoms with van der Waals surface area (Å²) >= 11 is 0. The average Bonchev–Trinajstić information content (AvgIpc) is 1.53. The number of aliphatic hydroxyl groups excluding tert-OH is 1. The van der Waals surface area contributed by atoms with Crippen molar-refractivity contribution < 1.29 is 9.90 Å². The first kappa shape index (κ1) is 11.1. The fourth-order valence-electron chi connectivity index (χ4n) is 1.03. The van der Waals surface area contributed by atoms with Gasteiger partial charge in [0.1, 0.15) is 5.78 Å². The van der Waals surface area contributed by atoms with Crippen LogP contribution in [0.25, 0.3) is 0 Å². The van der Waals surface area contributed by atoms with Crippen LogP contribution in [0.2, 0.25) is 0 Å². The van der Waals surface area contributed by atoms with Gasteiger partial charge in [0.2, 0.25) is 0 Å². The molecule has 0 aromatic carbocycles. The number of rotatable bonds is 4. The van der Waals surface area contributed by atoms with Crippen molar-refractivity contribution in [3.63, 3.8) is 0 Å². The van der Waals surface area contributed by atoms with Gasteiger partial charge in [-0.15, -0.1) is 0 Å². The van der Waals surface area contributed by atoms with E-state index >= 15 is 0 Å². The Morgan fingerprint density at radius 1 is 1.45 bits per heavy atom. The zero-order chi connectivity index (χ0) is 9.07. The van der Waals surface area contributed by atoms with E-state index in [0.29, 0.717) is 6.42 Å². The van der Waals surface area contributed by atoms with Crippen molar-refractivity contribution in [1.82, 2.24) is 0 Å². The summed E-state index contributed by atoms with van der Waals surface area (Å²) in [5.41, 5.74) is 0. The summed E-state index contributed by atoms with van der Waals surface area (Å²) in [5, 5.41) is 9.36. The van der Waals surface area contributed by atoms with Crippen LogP contribution in [0.1, 0.15) is 13.3 Å². The van der Waals surface area contributed by atoms with Crippen LogP contribution in [0.3, 0.4) is 0 Å². The molecule has 0 heterocycles. The number of hydrogen-bond donors (Lipinski definition) is 1. The molecule has 0 amide bonds. The molecule has 0 saturated carbocycles. The van der Waals surface area contributed by atoms with E-state index in [2.05, 4.69) is 20.0 Å². The lowest BCUT2D eigenvalue weighted by Gasteiger charge is -2.15. The largest absolute Gasteiger partial charge is 0.389 e. The number of aliphatic hydroxyl groups is 1. The van der Waals surface area contributed by atoms with E-state index in [4.69, 9.17) is 0 Å². The molecule has 0 rings (SSSR count). The predicted octanol–water partition coefficient (Wildman–Crippen LogP) is 1.23. The van der Waals surface area contributed by atoms with Gasteiger partial charge in [-0.2, -0.15) is 0 Å². The summed E-state index contributed by atoms with van der Waals surface area (Å²) in [6.45, 7) is 8.01. The smallest absolute Gasteiger partial charge is 0.132 e. The third-order valence-corrected chi connectivity index (χ3v) is 2.80. The minimum absolute atomic E-state index is 0.0750. The van der Waals surface area contributed by atoms with E-state index < -0.39 is 13.4 Å². The molecule has 0 fully saturated rings. The molecule has 0 aromatic heterocycles. The number of Topliss-reactive ketones (excluding diaryl/α,β-unsaturated/α-hetero) is 1. The van der Waals surface area contributed by atoms with E-state index in [0.717, 1.165) is 6.16 Å². The van der Waals surface area contributed by atoms with Crippen LogP contribution in [0.4, 0.5) is 0 Å². The molecule has 66 valence electrons. The van der Waals surface area contributed by atoms with Crippen molar-refractivity contribution in [2.75, 3.05) is 26.2 Å². The maximum atomic E-state index is 10.6. The van der Waals surface area contributed by atoms with Gasteiger partial charge in [-0.3, -0.25) is 4.79 Å². The molecule has 0 aliphatic carbocycles. The van der Waals surface area contributed by atoms with Gasteiger partial charge in [-0.1, -0.05) is 0 Å². The molecule has 0 aliphatic rings. The molecule has 0 radical (unpaired) electrons. The molecule has 11 heavy (non-hydrogen) atoms. The Hall–Kier alpha value is 0.0600. The van der Waals surface area contributed by atoms with E-state index in [1.165, 1.54) is 6.92 Å². The Kier molecular flexibility index (Phi) is 4.20. The fraction of sp³-hybridized carbons (Fsp3) is 0.875. The third-order valence-electron chi connectivity index (χ3n) is 1.28. The number of ketones is 1. The SMILES string of the molecule is CC(=O)C[C@H](O)C[P+](C)(C)C. The molecule has 0 aromatic rings. The van der Waals surface area contributed by atoms with Gasteiger partial charge in [0, 0.05) is 33.7 Å². The maximum absolute atomic E-state index is 10.6. The van der Waals surface area contributed by atoms with Gasteiger partial charge < -0.3 is 5.11 Å². The molecule has 3 heteroatoms. The normalized spacial score (nSPS) is 14.6. The van der Waals surface area contributed by atoms with Gasteiger partial charge in [-0.25, -0.2) is 0 Å². The van der Waals surface area contributed by atoms with Crippen molar-refractivity contribution in [3.05, 3.63) is 0 Å². The van der Waals surface area contributed by atoms with Gasteiger partial charge in [0.05, 0.1) is 12.3 Å². The highest BCUT2D eigenvalue weighted by Crippen LogP contribution is 2.47. The van der Waals surface area contributed by atoms with Crippen LogP contribution in [0, 0.1) is 0 Å². The zero-order valence-electron chi connectivity index (χ0n) is 7.79. The van der Waals surface area contributed by atoms with Crippen LogP contribution in [-0.2, 0) is 4.79 Å². The Balaban J connectivity index is 3.69. The van der Waals surface area contributed by atoms with Crippen molar-refractivity contribution >= 4 is 13.0 Å². The average molecular weight is 177 g/mol. The molecule has 2 nitrogen and oxygen atoms in total. The monoisotopic (exact) mass is 177 g/mol. The highest BCUT2D eigenvalue weighted by Gasteiger charge is 2.23. The second-order valence-corrected chi connectivity index (χ2v) is 8.98. The Labute approximate surface area is 69.3 Å². The van der Waals surface area contributed by atoms with Crippen molar-refractivity contribution in [2.45, 2.75) is 19.4 Å². The Morgan fingerprint density at radius 2 is 1.91 bits per heavy atom. The first-order valence-electron chi connectivity index (χ1n) is 3.79. The first-order chi connectivity index (χ1) is 4.81. The van der Waals surface area contributed by atoms with Crippen molar-refractivity contribution in [3.8, 4) is 0 Å². The standard InChI is InChI=1S/C8H18O2P/c1-7(9)5-8(10)6-11(2,3)4/h8,10H,5-6H2,1-4H3/q+1/t8-/m0/s1. The second kappa shape index (κ2) is 4.18. The van der Waals surface area contributed by atoms with Crippen LogP contribution in [-0.4, -0.2) is 43.2 Å². The lowest BCUT2D eigenvalue weighted by Crippen LogP contribution is -2.17. The molecule has 0 aliphatic heterocycles. The molecule has 1 atom stereocenters. The van der Waals surface area contributed by atoms with Crippen molar-refractivity contribution in [2.24, 2.45) is 0 Å². The summed E-state index contributed by atoms with van der Waals surface area (Å²) < 4.78 is 0. The van der Waals surface area contributed by atoms with Gasteiger partial charge in [-0.05, 0) is 6.92 Å². The van der Waals surface area contributed by atoms with E-state index in [1.54, 1.807) is 0 Å². The van der Waals surface area contributed by atoms with Crippen LogP contribution in [0.5, 0.6) is 0 Å². The maximum Gasteiger partial charge on any atom is 0.132 e. The van der Waals surface area contributed by atoms with Crippen molar-refractivity contribution in [1.29, 1.82) is 0 Å². The molecule has 1 N–H and O–H groups in total. The van der Waals surface area contributed by atoms with Crippen LogP contribution >= 0.6 is 7.26 Å². The second-order valence-electron chi connectivity index (χ2n) is 4.03. The molecule has 0 bridgehead atoms. The van der Waals surface area contributed by atoms with E-state index in [9.17, 15) is 9.90 Å². The highest BCUT2D eigenvalue weighted by molar-refractivity contribution is 7.73. The number of carbonyl (C=O) groups excluding carboxylic acids is 1. The third kappa shape index (κ3) is 7.96. The predicted molar refractivity (Wildman–Crippen MR) is 50.9 cm³/mol. The minimum atomic E-state index is -0.930. The first-order valence-corrected chi connectivity index (χ1v) is 7.11. The molecular formula is C8H18O2P+. The fourth-order valence-corrected chi connectivity index (χ4v) is 2.42.